The summed E-state index contributed by atoms with van der Waals surface area (Å²) in [5.74, 6) is -0.558. The molecule has 0 spiro atoms. The fourth-order valence-electron chi connectivity index (χ4n) is 1.63. The summed E-state index contributed by atoms with van der Waals surface area (Å²) in [4.78, 5) is 15.9. The summed E-state index contributed by atoms with van der Waals surface area (Å²) in [5.41, 5.74) is 1.12. The maximum atomic E-state index is 11.8. The molecule has 2 aromatic rings. The fraction of sp³-hybridized carbons (Fsp3) is 0.0769. The molecule has 1 heterocycles. The number of methoxy groups -OCH3 is 1. The van der Waals surface area contributed by atoms with E-state index in [1.807, 2.05) is 0 Å². The third-order valence-electron chi connectivity index (χ3n) is 2.52. The average Bonchev–Trinajstić information content (AvgIpc) is 2.43. The van der Waals surface area contributed by atoms with E-state index in [1.165, 1.54) is 19.4 Å². The van der Waals surface area contributed by atoms with Gasteiger partial charge < -0.3 is 4.74 Å². The van der Waals surface area contributed by atoms with Crippen molar-refractivity contribution in [2.24, 2.45) is 0 Å². The maximum absolute atomic E-state index is 11.8. The normalized spacial score (nSPS) is 10.4. The molecule has 3 nitrogen and oxygen atoms in total. The molecule has 1 aromatic carbocycles. The quantitative estimate of drug-likeness (QED) is 0.555. The van der Waals surface area contributed by atoms with Crippen molar-refractivity contribution in [2.75, 3.05) is 7.11 Å². The summed E-state index contributed by atoms with van der Waals surface area (Å²) in [6.07, 6.45) is 1.42. The molecule has 2 rings (SSSR count). The molecule has 0 unspecified atom stereocenters. The standard InChI is InChI=1S/C13H7Cl4NO2/c1-20-13(19)8-4-7(14)5-18-12(8)6-2-9(15)11(17)10(16)3-6/h2-5H,1H3. The van der Waals surface area contributed by atoms with Gasteiger partial charge in [-0.1, -0.05) is 46.4 Å². The van der Waals surface area contributed by atoms with Gasteiger partial charge in [0.15, 0.2) is 0 Å². The molecule has 7 heteroatoms. The fourth-order valence-corrected chi connectivity index (χ4v) is 2.38. The van der Waals surface area contributed by atoms with Gasteiger partial charge in [-0.3, -0.25) is 4.98 Å². The van der Waals surface area contributed by atoms with E-state index in [0.29, 0.717) is 16.3 Å². The number of hydrogen-bond acceptors (Lipinski definition) is 3. The third-order valence-corrected chi connectivity index (χ3v) is 3.92. The van der Waals surface area contributed by atoms with E-state index in [0.717, 1.165) is 0 Å². The van der Waals surface area contributed by atoms with E-state index >= 15 is 0 Å². The van der Waals surface area contributed by atoms with Crippen LogP contribution in [-0.2, 0) is 4.74 Å². The van der Waals surface area contributed by atoms with Gasteiger partial charge in [-0.25, -0.2) is 4.79 Å². The Bertz CT molecular complexity index is 665. The SMILES string of the molecule is COC(=O)c1cc(Cl)cnc1-c1cc(Cl)c(Cl)c(Cl)c1. The highest BCUT2D eigenvalue weighted by molar-refractivity contribution is 6.48. The molecule has 20 heavy (non-hydrogen) atoms. The largest absolute Gasteiger partial charge is 0.465 e. The second-order valence-corrected chi connectivity index (χ2v) is 5.42. The number of halogens is 4. The highest BCUT2D eigenvalue weighted by Gasteiger charge is 2.17. The summed E-state index contributed by atoms with van der Waals surface area (Å²) < 4.78 is 4.71. The molecule has 104 valence electrons. The Labute approximate surface area is 135 Å². The van der Waals surface area contributed by atoms with E-state index in [1.54, 1.807) is 12.1 Å². The number of benzene rings is 1. The molecule has 0 saturated carbocycles. The highest BCUT2D eigenvalue weighted by Crippen LogP contribution is 2.35. The number of carbonyl (C=O) groups excluding carboxylic acids is 1. The van der Waals surface area contributed by atoms with Gasteiger partial charge in [-0.05, 0) is 18.2 Å². The minimum Gasteiger partial charge on any atom is -0.465 e. The van der Waals surface area contributed by atoms with Crippen LogP contribution in [-0.4, -0.2) is 18.1 Å². The lowest BCUT2D eigenvalue weighted by Crippen LogP contribution is -2.05. The van der Waals surface area contributed by atoms with Crippen molar-refractivity contribution in [3.8, 4) is 11.3 Å². The zero-order valence-electron chi connectivity index (χ0n) is 10.1. The van der Waals surface area contributed by atoms with Crippen LogP contribution in [0.5, 0.6) is 0 Å². The molecule has 1 aromatic heterocycles. The Morgan fingerprint density at radius 1 is 1.10 bits per heavy atom. The minimum atomic E-state index is -0.558. The number of pyridine rings is 1. The molecular formula is C13H7Cl4NO2. The molecule has 0 aliphatic heterocycles. The van der Waals surface area contributed by atoms with Crippen LogP contribution < -0.4 is 0 Å². The van der Waals surface area contributed by atoms with Crippen LogP contribution in [0.15, 0.2) is 24.4 Å². The number of carbonyl (C=O) groups is 1. The smallest absolute Gasteiger partial charge is 0.340 e. The van der Waals surface area contributed by atoms with Crippen LogP contribution in [0.4, 0.5) is 0 Å². The van der Waals surface area contributed by atoms with Gasteiger partial charge in [0, 0.05) is 11.8 Å². The van der Waals surface area contributed by atoms with Gasteiger partial charge in [0.05, 0.1) is 38.5 Å². The molecular weight excluding hydrogens is 344 g/mol. The van der Waals surface area contributed by atoms with Crippen molar-refractivity contribution >= 4 is 52.4 Å². The van der Waals surface area contributed by atoms with E-state index in [2.05, 4.69) is 4.98 Å². The van der Waals surface area contributed by atoms with Crippen LogP contribution in [0.3, 0.4) is 0 Å². The van der Waals surface area contributed by atoms with Crippen LogP contribution in [0, 0.1) is 0 Å². The zero-order chi connectivity index (χ0) is 14.9. The van der Waals surface area contributed by atoms with E-state index in [-0.39, 0.29) is 20.6 Å². The molecule has 0 aliphatic rings. The predicted octanol–water partition coefficient (Wildman–Crippen LogP) is 5.15. The molecule has 0 atom stereocenters. The molecule has 0 bridgehead atoms. The van der Waals surface area contributed by atoms with Gasteiger partial charge in [0.2, 0.25) is 0 Å². The number of ether oxygens (including phenoxy) is 1. The third kappa shape index (κ3) is 3.01. The van der Waals surface area contributed by atoms with Gasteiger partial charge in [0.1, 0.15) is 0 Å². The average molecular weight is 351 g/mol. The second-order valence-electron chi connectivity index (χ2n) is 3.80. The van der Waals surface area contributed by atoms with Crippen LogP contribution >= 0.6 is 46.4 Å². The number of nitrogens with zero attached hydrogens (tertiary/aromatic N) is 1. The van der Waals surface area contributed by atoms with Crippen LogP contribution in [0.1, 0.15) is 10.4 Å². The van der Waals surface area contributed by atoms with Crippen molar-refractivity contribution in [1.82, 2.24) is 4.98 Å². The summed E-state index contributed by atoms with van der Waals surface area (Å²) in [6.45, 7) is 0. The zero-order valence-corrected chi connectivity index (χ0v) is 13.1. The number of rotatable bonds is 2. The Morgan fingerprint density at radius 3 is 2.25 bits per heavy atom. The summed E-state index contributed by atoms with van der Waals surface area (Å²) in [6, 6.07) is 4.60. The van der Waals surface area contributed by atoms with Crippen molar-refractivity contribution in [2.45, 2.75) is 0 Å². The first kappa shape index (κ1) is 15.4. The number of hydrogen-bond donors (Lipinski definition) is 0. The number of esters is 1. The van der Waals surface area contributed by atoms with Gasteiger partial charge in [-0.2, -0.15) is 0 Å². The highest BCUT2D eigenvalue weighted by atomic mass is 35.5. The van der Waals surface area contributed by atoms with Crippen LogP contribution in [0.2, 0.25) is 20.1 Å². The first-order chi connectivity index (χ1) is 9.43. The minimum absolute atomic E-state index is 0.217. The molecule has 0 radical (unpaired) electrons. The summed E-state index contributed by atoms with van der Waals surface area (Å²) in [5, 5.41) is 1.09. The first-order valence-electron chi connectivity index (χ1n) is 5.32. The second kappa shape index (κ2) is 6.19. The lowest BCUT2D eigenvalue weighted by atomic mass is 10.1. The van der Waals surface area contributed by atoms with Crippen molar-refractivity contribution in [1.29, 1.82) is 0 Å². The molecule has 0 N–H and O–H groups in total. The Morgan fingerprint density at radius 2 is 1.70 bits per heavy atom. The topological polar surface area (TPSA) is 39.2 Å². The lowest BCUT2D eigenvalue weighted by Gasteiger charge is -2.09. The molecule has 0 saturated heterocycles. The summed E-state index contributed by atoms with van der Waals surface area (Å²) >= 11 is 23.7. The first-order valence-corrected chi connectivity index (χ1v) is 6.84. The Kier molecular flexibility index (Phi) is 4.76. The van der Waals surface area contributed by atoms with Crippen molar-refractivity contribution < 1.29 is 9.53 Å². The molecule has 0 aliphatic carbocycles. The van der Waals surface area contributed by atoms with Gasteiger partial charge in [0.25, 0.3) is 0 Å². The number of aromatic nitrogens is 1. The van der Waals surface area contributed by atoms with Crippen molar-refractivity contribution in [3.05, 3.63) is 50.0 Å². The maximum Gasteiger partial charge on any atom is 0.340 e. The van der Waals surface area contributed by atoms with Crippen LogP contribution in [0.25, 0.3) is 11.3 Å². The molecule has 0 fully saturated rings. The Hall–Kier alpha value is -1.000. The lowest BCUT2D eigenvalue weighted by molar-refractivity contribution is 0.0601. The Balaban J connectivity index is 2.66. The van der Waals surface area contributed by atoms with Gasteiger partial charge in [-0.15, -0.1) is 0 Å². The van der Waals surface area contributed by atoms with Crippen molar-refractivity contribution in [3.63, 3.8) is 0 Å². The summed E-state index contributed by atoms with van der Waals surface area (Å²) in [7, 11) is 1.27. The molecule has 0 amide bonds. The van der Waals surface area contributed by atoms with E-state index in [9.17, 15) is 4.79 Å². The monoisotopic (exact) mass is 349 g/mol. The predicted molar refractivity (Wildman–Crippen MR) is 81.1 cm³/mol. The van der Waals surface area contributed by atoms with E-state index in [4.69, 9.17) is 51.1 Å². The van der Waals surface area contributed by atoms with Gasteiger partial charge >= 0.3 is 5.97 Å². The van der Waals surface area contributed by atoms with E-state index < -0.39 is 5.97 Å².